The zero-order valence-electron chi connectivity index (χ0n) is 16.3. The van der Waals surface area contributed by atoms with Crippen molar-refractivity contribution in [3.05, 3.63) is 94.6 Å². The molecule has 0 aliphatic carbocycles. The molecule has 0 bridgehead atoms. The summed E-state index contributed by atoms with van der Waals surface area (Å²) in [7, 11) is 6.48. The second-order valence-corrected chi connectivity index (χ2v) is 6.33. The van der Waals surface area contributed by atoms with Crippen molar-refractivity contribution in [3.63, 3.8) is 0 Å². The highest BCUT2D eigenvalue weighted by Crippen LogP contribution is 2.49. The lowest BCUT2D eigenvalue weighted by Gasteiger charge is -2.41. The van der Waals surface area contributed by atoms with E-state index in [1.165, 1.54) is 4.81 Å². The van der Waals surface area contributed by atoms with Crippen LogP contribution in [-0.2, 0) is 5.54 Å². The van der Waals surface area contributed by atoms with Crippen LogP contribution in [0.15, 0.2) is 78.0 Å². The molecule has 26 heavy (non-hydrogen) atoms. The fourth-order valence-corrected chi connectivity index (χ4v) is 3.59. The van der Waals surface area contributed by atoms with E-state index in [4.69, 9.17) is 7.98 Å². The molecule has 0 N–H and O–H groups in total. The number of aryl methyl sites for hydroxylation is 1. The first-order valence-corrected chi connectivity index (χ1v) is 8.95. The third-order valence-electron chi connectivity index (χ3n) is 4.68. The number of benzene rings is 1. The molecule has 2 rings (SSSR count). The molecular formula is C23H26BNO. The molecule has 1 aliphatic heterocycles. The summed E-state index contributed by atoms with van der Waals surface area (Å²) in [4.78, 5) is 14.4. The molecule has 1 atom stereocenters. The van der Waals surface area contributed by atoms with Crippen molar-refractivity contribution in [2.75, 3.05) is 0 Å². The SMILES string of the molecule is [B]N1C(=O)c2ccc(C)cc2C1(C(/C=C\C)=C/C)C(/C=C\C)=C/C=C\C. The molecule has 0 saturated carbocycles. The predicted octanol–water partition coefficient (Wildman–Crippen LogP) is 5.33. The lowest BCUT2D eigenvalue weighted by Crippen LogP contribution is -2.44. The maximum Gasteiger partial charge on any atom is 0.242 e. The summed E-state index contributed by atoms with van der Waals surface area (Å²) >= 11 is 0. The van der Waals surface area contributed by atoms with Gasteiger partial charge in [0.25, 0.3) is 0 Å². The van der Waals surface area contributed by atoms with Gasteiger partial charge in [-0.25, -0.2) is 0 Å². The molecule has 1 aromatic carbocycles. The maximum absolute atomic E-state index is 13.0. The molecule has 0 fully saturated rings. The van der Waals surface area contributed by atoms with E-state index in [0.29, 0.717) is 5.56 Å². The van der Waals surface area contributed by atoms with Crippen LogP contribution >= 0.6 is 0 Å². The van der Waals surface area contributed by atoms with Crippen molar-refractivity contribution in [3.8, 4) is 0 Å². The van der Waals surface area contributed by atoms with Gasteiger partial charge in [0, 0.05) is 5.56 Å². The van der Waals surface area contributed by atoms with Gasteiger partial charge < -0.3 is 4.81 Å². The Morgan fingerprint density at radius 1 is 1.04 bits per heavy atom. The fraction of sp³-hybridized carbons (Fsp3) is 0.261. The van der Waals surface area contributed by atoms with E-state index < -0.39 is 5.54 Å². The minimum atomic E-state index is -0.855. The molecule has 0 saturated heterocycles. The molecular weight excluding hydrogens is 317 g/mol. The van der Waals surface area contributed by atoms with Crippen LogP contribution in [-0.4, -0.2) is 18.7 Å². The largest absolute Gasteiger partial charge is 0.377 e. The first-order valence-electron chi connectivity index (χ1n) is 8.95. The number of hydrogen-bond donors (Lipinski definition) is 0. The minimum Gasteiger partial charge on any atom is -0.377 e. The van der Waals surface area contributed by atoms with Crippen molar-refractivity contribution in [1.82, 2.24) is 4.81 Å². The highest BCUT2D eigenvalue weighted by Gasteiger charge is 2.50. The summed E-state index contributed by atoms with van der Waals surface area (Å²) < 4.78 is 0. The molecule has 1 unspecified atom stereocenters. The Kier molecular flexibility index (Phi) is 6.25. The van der Waals surface area contributed by atoms with Crippen molar-refractivity contribution >= 4 is 13.9 Å². The van der Waals surface area contributed by atoms with Gasteiger partial charge in [0.05, 0.1) is 0 Å². The Balaban J connectivity index is 3.00. The quantitative estimate of drug-likeness (QED) is 0.523. The number of rotatable bonds is 5. The average molecular weight is 343 g/mol. The molecule has 1 aliphatic rings. The topological polar surface area (TPSA) is 20.3 Å². The average Bonchev–Trinajstić information content (AvgIpc) is 2.85. The Labute approximate surface area is 158 Å². The van der Waals surface area contributed by atoms with Gasteiger partial charge in [0.2, 0.25) is 13.9 Å². The summed E-state index contributed by atoms with van der Waals surface area (Å²) in [6.07, 6.45) is 16.0. The van der Waals surface area contributed by atoms with Crippen LogP contribution in [0.25, 0.3) is 0 Å². The predicted molar refractivity (Wildman–Crippen MR) is 111 cm³/mol. The zero-order chi connectivity index (χ0) is 19.3. The van der Waals surface area contributed by atoms with Crippen molar-refractivity contribution in [2.24, 2.45) is 0 Å². The third-order valence-corrected chi connectivity index (χ3v) is 4.68. The number of hydrogen-bond acceptors (Lipinski definition) is 1. The van der Waals surface area contributed by atoms with Crippen molar-refractivity contribution in [2.45, 2.75) is 40.2 Å². The Hall–Kier alpha value is -2.55. The number of nitrogens with zero attached hydrogens (tertiary/aromatic N) is 1. The summed E-state index contributed by atoms with van der Waals surface area (Å²) in [6, 6.07) is 5.90. The highest BCUT2D eigenvalue weighted by atomic mass is 16.2. The second kappa shape index (κ2) is 8.22. The molecule has 3 heteroatoms. The zero-order valence-corrected chi connectivity index (χ0v) is 16.3. The lowest BCUT2D eigenvalue weighted by atomic mass is 9.73. The van der Waals surface area contributed by atoms with Crippen LogP contribution in [0.4, 0.5) is 0 Å². The van der Waals surface area contributed by atoms with Gasteiger partial charge in [0.15, 0.2) is 0 Å². The van der Waals surface area contributed by atoms with E-state index in [0.717, 1.165) is 22.3 Å². The minimum absolute atomic E-state index is 0.167. The van der Waals surface area contributed by atoms with E-state index >= 15 is 0 Å². The molecule has 0 aromatic heterocycles. The van der Waals surface area contributed by atoms with Gasteiger partial charge in [-0.05, 0) is 57.4 Å². The van der Waals surface area contributed by atoms with Crippen LogP contribution in [0.2, 0.25) is 0 Å². The highest BCUT2D eigenvalue weighted by molar-refractivity contribution is 6.22. The Bertz CT molecular complexity index is 842. The van der Waals surface area contributed by atoms with Gasteiger partial charge in [-0.2, -0.15) is 0 Å². The smallest absolute Gasteiger partial charge is 0.242 e. The van der Waals surface area contributed by atoms with Gasteiger partial charge in [-0.1, -0.05) is 66.3 Å². The van der Waals surface area contributed by atoms with Gasteiger partial charge in [-0.15, -0.1) is 0 Å². The second-order valence-electron chi connectivity index (χ2n) is 6.33. The molecule has 1 aromatic rings. The first kappa shape index (κ1) is 19.8. The van der Waals surface area contributed by atoms with Gasteiger partial charge >= 0.3 is 0 Å². The maximum atomic E-state index is 13.0. The summed E-state index contributed by atoms with van der Waals surface area (Å²) in [5.74, 6) is -0.167. The lowest BCUT2D eigenvalue weighted by molar-refractivity contribution is 0.0832. The molecule has 0 spiro atoms. The molecule has 1 heterocycles. The van der Waals surface area contributed by atoms with Crippen LogP contribution in [0.5, 0.6) is 0 Å². The van der Waals surface area contributed by atoms with Crippen LogP contribution in [0, 0.1) is 6.92 Å². The van der Waals surface area contributed by atoms with E-state index in [1.54, 1.807) is 0 Å². The Morgan fingerprint density at radius 3 is 2.27 bits per heavy atom. The van der Waals surface area contributed by atoms with Crippen LogP contribution in [0.3, 0.4) is 0 Å². The van der Waals surface area contributed by atoms with E-state index in [-0.39, 0.29) is 5.91 Å². The molecule has 132 valence electrons. The molecule has 2 nitrogen and oxygen atoms in total. The monoisotopic (exact) mass is 343 g/mol. The summed E-state index contributed by atoms with van der Waals surface area (Å²) in [5, 5.41) is 0. The fourth-order valence-electron chi connectivity index (χ4n) is 3.59. The summed E-state index contributed by atoms with van der Waals surface area (Å²) in [6.45, 7) is 9.92. The number of fused-ring (bicyclic) bond motifs is 1. The van der Waals surface area contributed by atoms with Crippen LogP contribution < -0.4 is 0 Å². The van der Waals surface area contributed by atoms with Crippen molar-refractivity contribution in [1.29, 1.82) is 0 Å². The molecule has 1 amide bonds. The van der Waals surface area contributed by atoms with Crippen LogP contribution in [0.1, 0.15) is 49.2 Å². The Morgan fingerprint density at radius 2 is 1.69 bits per heavy atom. The number of carbonyl (C=O) groups is 1. The van der Waals surface area contributed by atoms with E-state index in [1.807, 2.05) is 95.4 Å². The first-order chi connectivity index (χ1) is 12.5. The standard InChI is InChI=1S/C23H26BNO/c1-6-10-13-19(12-8-3)23(18(9-4)11-7-2)21-16-17(5)14-15-20(21)22(26)25(23)24/h6-16H,1-5H3/b10-6-,11-7-,12-8-,18-9+,19-13+. The van der Waals surface area contributed by atoms with Gasteiger partial charge in [-0.3, -0.25) is 4.79 Å². The number of carbonyl (C=O) groups excluding carboxylic acids is 1. The van der Waals surface area contributed by atoms with Crippen molar-refractivity contribution < 1.29 is 4.79 Å². The van der Waals surface area contributed by atoms with Gasteiger partial charge in [0.1, 0.15) is 5.54 Å². The molecule has 2 radical (unpaired) electrons. The number of allylic oxidation sites excluding steroid dienone is 6. The normalized spacial score (nSPS) is 21.6. The van der Waals surface area contributed by atoms with E-state index in [2.05, 4.69) is 6.07 Å². The van der Waals surface area contributed by atoms with E-state index in [9.17, 15) is 4.79 Å². The third kappa shape index (κ3) is 3.03. The number of amides is 1. The summed E-state index contributed by atoms with van der Waals surface area (Å²) in [5.41, 5.74) is 3.73.